The maximum atomic E-state index is 11.9. The van der Waals surface area contributed by atoms with Crippen molar-refractivity contribution in [3.05, 3.63) is 0 Å². The molecule has 1 aliphatic carbocycles. The van der Waals surface area contributed by atoms with Gasteiger partial charge >= 0.3 is 0 Å². The van der Waals surface area contributed by atoms with Gasteiger partial charge < -0.3 is 15.4 Å². The van der Waals surface area contributed by atoms with Crippen molar-refractivity contribution in [3.63, 3.8) is 0 Å². The van der Waals surface area contributed by atoms with E-state index in [-0.39, 0.29) is 11.9 Å². The van der Waals surface area contributed by atoms with Gasteiger partial charge in [-0.25, -0.2) is 0 Å². The van der Waals surface area contributed by atoms with Crippen molar-refractivity contribution in [1.82, 2.24) is 10.6 Å². The monoisotopic (exact) mass is 254 g/mol. The first-order valence-electron chi connectivity index (χ1n) is 7.45. The second-order valence-electron chi connectivity index (χ2n) is 5.52. The number of hydrogen-bond donors (Lipinski definition) is 2. The van der Waals surface area contributed by atoms with Crippen LogP contribution in [0, 0.1) is 5.92 Å². The molecule has 2 aliphatic rings. The molecular weight excluding hydrogens is 228 g/mol. The highest BCUT2D eigenvalue weighted by Gasteiger charge is 2.21. The van der Waals surface area contributed by atoms with Crippen LogP contribution in [0.1, 0.15) is 44.9 Å². The van der Waals surface area contributed by atoms with Crippen LogP contribution in [0.4, 0.5) is 0 Å². The number of ether oxygens (including phenoxy) is 1. The molecule has 1 amide bonds. The minimum Gasteiger partial charge on any atom is -0.379 e. The zero-order chi connectivity index (χ0) is 12.6. The van der Waals surface area contributed by atoms with E-state index in [1.165, 1.54) is 32.1 Å². The molecule has 104 valence electrons. The van der Waals surface area contributed by atoms with E-state index in [0.29, 0.717) is 13.2 Å². The summed E-state index contributed by atoms with van der Waals surface area (Å²) in [6, 6.07) is 0.00809. The van der Waals surface area contributed by atoms with E-state index >= 15 is 0 Å². The van der Waals surface area contributed by atoms with Gasteiger partial charge in [0, 0.05) is 13.2 Å². The average molecular weight is 254 g/mol. The summed E-state index contributed by atoms with van der Waals surface area (Å²) in [6.07, 6.45) is 8.50. The molecule has 1 heterocycles. The molecule has 0 aromatic carbocycles. The molecule has 1 unspecified atom stereocenters. The van der Waals surface area contributed by atoms with Gasteiger partial charge in [-0.1, -0.05) is 19.3 Å². The molecule has 1 saturated heterocycles. The highest BCUT2D eigenvalue weighted by Crippen LogP contribution is 2.28. The zero-order valence-electron chi connectivity index (χ0n) is 11.2. The van der Waals surface area contributed by atoms with E-state index in [2.05, 4.69) is 10.6 Å². The number of hydrogen-bond acceptors (Lipinski definition) is 3. The minimum absolute atomic E-state index is 0.00809. The van der Waals surface area contributed by atoms with Crippen molar-refractivity contribution in [1.29, 1.82) is 0 Å². The molecule has 2 rings (SSSR count). The molecule has 0 aromatic heterocycles. The van der Waals surface area contributed by atoms with E-state index in [1.807, 2.05) is 0 Å². The van der Waals surface area contributed by atoms with Crippen LogP contribution in [-0.4, -0.2) is 38.3 Å². The molecule has 1 atom stereocenters. The molecule has 1 aliphatic heterocycles. The summed E-state index contributed by atoms with van der Waals surface area (Å²) in [7, 11) is 0. The second-order valence-corrected chi connectivity index (χ2v) is 5.52. The molecule has 4 heteroatoms. The predicted molar refractivity (Wildman–Crippen MR) is 71.4 cm³/mol. The Balaban J connectivity index is 1.53. The summed E-state index contributed by atoms with van der Waals surface area (Å²) in [6.45, 7) is 3.13. The largest absolute Gasteiger partial charge is 0.379 e. The Kier molecular flexibility index (Phi) is 5.94. The maximum absolute atomic E-state index is 11.9. The molecular formula is C14H26N2O2. The molecule has 1 saturated carbocycles. The zero-order valence-corrected chi connectivity index (χ0v) is 11.2. The van der Waals surface area contributed by atoms with E-state index in [0.717, 1.165) is 31.9 Å². The van der Waals surface area contributed by atoms with Crippen molar-refractivity contribution in [2.45, 2.75) is 51.0 Å². The van der Waals surface area contributed by atoms with Crippen LogP contribution in [0.2, 0.25) is 0 Å². The highest BCUT2D eigenvalue weighted by atomic mass is 16.5. The van der Waals surface area contributed by atoms with Gasteiger partial charge in [0.15, 0.2) is 0 Å². The van der Waals surface area contributed by atoms with Gasteiger partial charge in [-0.15, -0.1) is 0 Å². The van der Waals surface area contributed by atoms with Crippen LogP contribution in [0.15, 0.2) is 0 Å². The van der Waals surface area contributed by atoms with Crippen molar-refractivity contribution in [2.24, 2.45) is 5.92 Å². The van der Waals surface area contributed by atoms with Crippen molar-refractivity contribution in [2.75, 3.05) is 26.3 Å². The van der Waals surface area contributed by atoms with Crippen molar-refractivity contribution in [3.8, 4) is 0 Å². The van der Waals surface area contributed by atoms with E-state index < -0.39 is 0 Å². The Bertz CT molecular complexity index is 246. The first-order chi connectivity index (χ1) is 8.86. The van der Waals surface area contributed by atoms with Crippen LogP contribution >= 0.6 is 0 Å². The summed E-state index contributed by atoms with van der Waals surface area (Å²) >= 11 is 0. The Morgan fingerprint density at radius 2 is 2.00 bits per heavy atom. The van der Waals surface area contributed by atoms with Crippen LogP contribution in [0.25, 0.3) is 0 Å². The third-order valence-electron chi connectivity index (χ3n) is 3.72. The lowest BCUT2D eigenvalue weighted by Gasteiger charge is -2.20. The van der Waals surface area contributed by atoms with Gasteiger partial charge in [0.1, 0.15) is 0 Å². The number of carbonyl (C=O) groups excluding carboxylic acids is 1. The predicted octanol–water partition coefficient (Wildman–Crippen LogP) is 1.45. The molecule has 0 bridgehead atoms. The van der Waals surface area contributed by atoms with Crippen molar-refractivity contribution < 1.29 is 9.53 Å². The van der Waals surface area contributed by atoms with Crippen LogP contribution in [-0.2, 0) is 9.53 Å². The molecule has 0 aromatic rings. The Labute approximate surface area is 110 Å². The third kappa shape index (κ3) is 5.36. The van der Waals surface area contributed by atoms with E-state index in [4.69, 9.17) is 4.74 Å². The molecule has 4 nitrogen and oxygen atoms in total. The fourth-order valence-corrected chi connectivity index (χ4v) is 2.33. The van der Waals surface area contributed by atoms with Crippen LogP contribution < -0.4 is 10.6 Å². The smallest absolute Gasteiger partial charge is 0.237 e. The van der Waals surface area contributed by atoms with Gasteiger partial charge in [0.25, 0.3) is 0 Å². The fourth-order valence-electron chi connectivity index (χ4n) is 2.33. The van der Waals surface area contributed by atoms with Crippen LogP contribution in [0.5, 0.6) is 0 Å². The molecule has 18 heavy (non-hydrogen) atoms. The van der Waals surface area contributed by atoms with Gasteiger partial charge in [-0.3, -0.25) is 4.79 Å². The van der Waals surface area contributed by atoms with Gasteiger partial charge in [-0.05, 0) is 38.1 Å². The third-order valence-corrected chi connectivity index (χ3v) is 3.72. The van der Waals surface area contributed by atoms with Crippen molar-refractivity contribution >= 4 is 5.91 Å². The lowest BCUT2D eigenvalue weighted by Crippen LogP contribution is -2.45. The highest BCUT2D eigenvalue weighted by molar-refractivity contribution is 5.81. The van der Waals surface area contributed by atoms with Gasteiger partial charge in [0.2, 0.25) is 5.91 Å². The Morgan fingerprint density at radius 3 is 2.83 bits per heavy atom. The minimum atomic E-state index is 0.00809. The Hall–Kier alpha value is -0.610. The summed E-state index contributed by atoms with van der Waals surface area (Å²) < 4.78 is 5.50. The topological polar surface area (TPSA) is 50.4 Å². The lowest BCUT2D eigenvalue weighted by atomic mass is 10.0. The average Bonchev–Trinajstić information content (AvgIpc) is 3.11. The quantitative estimate of drug-likeness (QED) is 0.705. The summed E-state index contributed by atoms with van der Waals surface area (Å²) in [4.78, 5) is 11.9. The fraction of sp³-hybridized carbons (Fsp3) is 0.929. The SMILES string of the molecule is O=C(NCCOCC1CC1)C1CCCCCCN1. The van der Waals surface area contributed by atoms with E-state index in [1.54, 1.807) is 0 Å². The molecule has 2 fully saturated rings. The number of rotatable bonds is 6. The first-order valence-corrected chi connectivity index (χ1v) is 7.45. The standard InChI is InChI=1S/C14H26N2O2/c17-14(13-5-3-1-2-4-8-15-13)16-9-10-18-11-12-6-7-12/h12-13,15H,1-11H2,(H,16,17). The number of carbonyl (C=O) groups is 1. The summed E-state index contributed by atoms with van der Waals surface area (Å²) in [5.74, 6) is 0.944. The number of amides is 1. The maximum Gasteiger partial charge on any atom is 0.237 e. The van der Waals surface area contributed by atoms with Gasteiger partial charge in [-0.2, -0.15) is 0 Å². The van der Waals surface area contributed by atoms with E-state index in [9.17, 15) is 4.79 Å². The summed E-state index contributed by atoms with van der Waals surface area (Å²) in [5.41, 5.74) is 0. The lowest BCUT2D eigenvalue weighted by molar-refractivity contribution is -0.123. The summed E-state index contributed by atoms with van der Waals surface area (Å²) in [5, 5.41) is 6.31. The van der Waals surface area contributed by atoms with Crippen LogP contribution in [0.3, 0.4) is 0 Å². The molecule has 0 radical (unpaired) electrons. The first kappa shape index (κ1) is 13.8. The molecule has 2 N–H and O–H groups in total. The second kappa shape index (κ2) is 7.74. The Morgan fingerprint density at radius 1 is 1.17 bits per heavy atom. The van der Waals surface area contributed by atoms with Gasteiger partial charge in [0.05, 0.1) is 12.6 Å². The normalized spacial score (nSPS) is 25.2. The number of nitrogens with one attached hydrogen (secondary N) is 2. The molecule has 0 spiro atoms.